The van der Waals surface area contributed by atoms with Crippen molar-refractivity contribution in [3.8, 4) is 11.5 Å². The fraction of sp³-hybridized carbons (Fsp3) is 0.435. The highest BCUT2D eigenvalue weighted by atomic mass is 32.2. The Morgan fingerprint density at radius 1 is 1.00 bits per heavy atom. The van der Waals surface area contributed by atoms with Gasteiger partial charge in [-0.3, -0.25) is 4.79 Å². The molecule has 4 rings (SSSR count). The SMILES string of the molecule is COc1ccc(S(=O)(=O)N2CCCCC2)cc1NC(=O)COc1ccc2c(c1)CCC2. The van der Waals surface area contributed by atoms with Crippen LogP contribution >= 0.6 is 0 Å². The van der Waals surface area contributed by atoms with Gasteiger partial charge >= 0.3 is 0 Å². The number of piperidine rings is 1. The zero-order valence-corrected chi connectivity index (χ0v) is 18.5. The molecule has 1 aliphatic heterocycles. The van der Waals surface area contributed by atoms with Crippen LogP contribution < -0.4 is 14.8 Å². The first-order chi connectivity index (χ1) is 15.0. The molecule has 31 heavy (non-hydrogen) atoms. The molecular weight excluding hydrogens is 416 g/mol. The van der Waals surface area contributed by atoms with Gasteiger partial charge in [0.1, 0.15) is 11.5 Å². The van der Waals surface area contributed by atoms with E-state index in [2.05, 4.69) is 5.32 Å². The molecule has 0 radical (unpaired) electrons. The van der Waals surface area contributed by atoms with E-state index in [4.69, 9.17) is 9.47 Å². The van der Waals surface area contributed by atoms with Gasteiger partial charge in [0.2, 0.25) is 10.0 Å². The van der Waals surface area contributed by atoms with Crippen LogP contribution in [0.15, 0.2) is 41.3 Å². The molecule has 1 saturated heterocycles. The summed E-state index contributed by atoms with van der Waals surface area (Å²) >= 11 is 0. The first kappa shape index (κ1) is 21.6. The van der Waals surface area contributed by atoms with E-state index < -0.39 is 10.0 Å². The number of rotatable bonds is 7. The fourth-order valence-electron chi connectivity index (χ4n) is 4.17. The molecule has 1 heterocycles. The molecule has 8 heteroatoms. The number of nitrogens with zero attached hydrogens (tertiary/aromatic N) is 1. The second kappa shape index (κ2) is 9.28. The number of nitrogens with one attached hydrogen (secondary N) is 1. The van der Waals surface area contributed by atoms with E-state index in [1.165, 1.54) is 34.7 Å². The highest BCUT2D eigenvalue weighted by Crippen LogP contribution is 2.30. The molecule has 1 fully saturated rings. The van der Waals surface area contributed by atoms with E-state index >= 15 is 0 Å². The number of fused-ring (bicyclic) bond motifs is 1. The van der Waals surface area contributed by atoms with Crippen molar-refractivity contribution < 1.29 is 22.7 Å². The van der Waals surface area contributed by atoms with Crippen LogP contribution in [0.1, 0.15) is 36.8 Å². The summed E-state index contributed by atoms with van der Waals surface area (Å²) in [5.74, 6) is 0.666. The highest BCUT2D eigenvalue weighted by Gasteiger charge is 2.27. The lowest BCUT2D eigenvalue weighted by Crippen LogP contribution is -2.35. The average molecular weight is 445 g/mol. The molecule has 2 aromatic carbocycles. The Labute approximate surface area is 183 Å². The van der Waals surface area contributed by atoms with Crippen molar-refractivity contribution >= 4 is 21.6 Å². The van der Waals surface area contributed by atoms with Crippen LogP contribution in [-0.4, -0.2) is 45.4 Å². The number of benzene rings is 2. The monoisotopic (exact) mass is 444 g/mol. The summed E-state index contributed by atoms with van der Waals surface area (Å²) in [6, 6.07) is 10.4. The van der Waals surface area contributed by atoms with Crippen molar-refractivity contribution in [2.45, 2.75) is 43.4 Å². The van der Waals surface area contributed by atoms with Gasteiger partial charge in [0, 0.05) is 13.1 Å². The Kier molecular flexibility index (Phi) is 6.48. The Balaban J connectivity index is 1.45. The lowest BCUT2D eigenvalue weighted by Gasteiger charge is -2.26. The molecule has 0 aromatic heterocycles. The standard InChI is InChI=1S/C23H28N2O5S/c1-29-22-11-10-20(31(27,28)25-12-3-2-4-13-25)15-21(22)24-23(26)16-30-19-9-8-17-6-5-7-18(17)14-19/h8-11,14-15H,2-7,12-13,16H2,1H3,(H,24,26). The Hall–Kier alpha value is -2.58. The summed E-state index contributed by atoms with van der Waals surface area (Å²) in [4.78, 5) is 12.6. The predicted octanol–water partition coefficient (Wildman–Crippen LogP) is 3.38. The molecule has 0 saturated carbocycles. The average Bonchev–Trinajstić information content (AvgIpc) is 3.26. The van der Waals surface area contributed by atoms with Crippen LogP contribution in [0.3, 0.4) is 0 Å². The van der Waals surface area contributed by atoms with Crippen LogP contribution in [0.2, 0.25) is 0 Å². The van der Waals surface area contributed by atoms with Crippen LogP contribution in [0.4, 0.5) is 5.69 Å². The number of carbonyl (C=O) groups is 1. The van der Waals surface area contributed by atoms with Crippen molar-refractivity contribution in [2.75, 3.05) is 32.1 Å². The predicted molar refractivity (Wildman–Crippen MR) is 118 cm³/mol. The quantitative estimate of drug-likeness (QED) is 0.708. The zero-order chi connectivity index (χ0) is 21.8. The van der Waals surface area contributed by atoms with Crippen molar-refractivity contribution in [3.63, 3.8) is 0 Å². The van der Waals surface area contributed by atoms with Gasteiger partial charge < -0.3 is 14.8 Å². The Morgan fingerprint density at radius 3 is 2.55 bits per heavy atom. The maximum atomic E-state index is 13.0. The zero-order valence-electron chi connectivity index (χ0n) is 17.7. The van der Waals surface area contributed by atoms with Crippen molar-refractivity contribution in [1.29, 1.82) is 0 Å². The Morgan fingerprint density at radius 2 is 1.77 bits per heavy atom. The van der Waals surface area contributed by atoms with Gasteiger partial charge in [-0.2, -0.15) is 4.31 Å². The summed E-state index contributed by atoms with van der Waals surface area (Å²) < 4.78 is 38.4. The van der Waals surface area contributed by atoms with Crippen molar-refractivity contribution in [1.82, 2.24) is 4.31 Å². The van der Waals surface area contributed by atoms with Crippen LogP contribution in [0.5, 0.6) is 11.5 Å². The molecule has 0 atom stereocenters. The second-order valence-electron chi connectivity index (χ2n) is 7.95. The van der Waals surface area contributed by atoms with Gasteiger partial charge in [0.05, 0.1) is 17.7 Å². The summed E-state index contributed by atoms with van der Waals surface area (Å²) in [5, 5.41) is 2.73. The molecule has 1 N–H and O–H groups in total. The number of anilines is 1. The molecule has 0 unspecified atom stereocenters. The first-order valence-electron chi connectivity index (χ1n) is 10.7. The van der Waals surface area contributed by atoms with Crippen molar-refractivity contribution in [2.24, 2.45) is 0 Å². The number of ether oxygens (including phenoxy) is 2. The third kappa shape index (κ3) is 4.85. The third-order valence-electron chi connectivity index (χ3n) is 5.84. The summed E-state index contributed by atoms with van der Waals surface area (Å²) in [6.45, 7) is 0.861. The number of methoxy groups -OCH3 is 1. The fourth-order valence-corrected chi connectivity index (χ4v) is 5.72. The lowest BCUT2D eigenvalue weighted by atomic mass is 10.1. The van der Waals surface area contributed by atoms with Crippen LogP contribution in [0.25, 0.3) is 0 Å². The van der Waals surface area contributed by atoms with Gasteiger partial charge in [-0.1, -0.05) is 12.5 Å². The minimum Gasteiger partial charge on any atom is -0.495 e. The Bertz CT molecular complexity index is 1060. The largest absolute Gasteiger partial charge is 0.495 e. The van der Waals surface area contributed by atoms with Gasteiger partial charge in [0.15, 0.2) is 6.61 Å². The van der Waals surface area contributed by atoms with Gasteiger partial charge in [-0.05, 0) is 73.6 Å². The highest BCUT2D eigenvalue weighted by molar-refractivity contribution is 7.89. The second-order valence-corrected chi connectivity index (χ2v) is 9.89. The number of amides is 1. The molecule has 1 amide bonds. The summed E-state index contributed by atoms with van der Waals surface area (Å²) in [6.07, 6.45) is 6.04. The summed E-state index contributed by atoms with van der Waals surface area (Å²) in [5.41, 5.74) is 2.92. The number of hydrogen-bond acceptors (Lipinski definition) is 5. The maximum Gasteiger partial charge on any atom is 0.262 e. The molecule has 2 aromatic rings. The minimum atomic E-state index is -3.61. The number of sulfonamides is 1. The van der Waals surface area contributed by atoms with Crippen LogP contribution in [0, 0.1) is 0 Å². The molecular formula is C23H28N2O5S. The smallest absolute Gasteiger partial charge is 0.262 e. The first-order valence-corrected chi connectivity index (χ1v) is 12.1. The molecule has 1 aliphatic carbocycles. The van der Waals surface area contributed by atoms with E-state index in [0.717, 1.165) is 38.5 Å². The molecule has 166 valence electrons. The van der Waals surface area contributed by atoms with E-state index in [1.807, 2.05) is 18.2 Å². The van der Waals surface area contributed by atoms with E-state index in [9.17, 15) is 13.2 Å². The molecule has 7 nitrogen and oxygen atoms in total. The normalized spacial score (nSPS) is 16.5. The summed E-state index contributed by atoms with van der Waals surface area (Å²) in [7, 11) is -2.13. The van der Waals surface area contributed by atoms with E-state index in [-0.39, 0.29) is 17.4 Å². The number of hydrogen-bond donors (Lipinski definition) is 1. The minimum absolute atomic E-state index is 0.144. The van der Waals surface area contributed by atoms with Gasteiger partial charge in [-0.25, -0.2) is 8.42 Å². The molecule has 2 aliphatic rings. The van der Waals surface area contributed by atoms with E-state index in [0.29, 0.717) is 30.3 Å². The third-order valence-corrected chi connectivity index (χ3v) is 7.73. The maximum absolute atomic E-state index is 13.0. The number of carbonyl (C=O) groups excluding carboxylic acids is 1. The van der Waals surface area contributed by atoms with E-state index in [1.54, 1.807) is 6.07 Å². The molecule has 0 bridgehead atoms. The van der Waals surface area contributed by atoms with Gasteiger partial charge in [0.25, 0.3) is 5.91 Å². The van der Waals surface area contributed by atoms with Crippen molar-refractivity contribution in [3.05, 3.63) is 47.5 Å². The lowest BCUT2D eigenvalue weighted by molar-refractivity contribution is -0.118. The molecule has 0 spiro atoms. The van der Waals surface area contributed by atoms with Gasteiger partial charge in [-0.15, -0.1) is 0 Å². The van der Waals surface area contributed by atoms with Crippen LogP contribution in [-0.2, 0) is 27.7 Å². The number of aryl methyl sites for hydroxylation is 2. The topological polar surface area (TPSA) is 84.9 Å².